The molecule has 0 unspecified atom stereocenters. The quantitative estimate of drug-likeness (QED) is 0.128. The Balaban J connectivity index is 1.47. The first kappa shape index (κ1) is 23.2. The van der Waals surface area contributed by atoms with Crippen LogP contribution in [0.1, 0.15) is 34.3 Å². The van der Waals surface area contributed by atoms with Gasteiger partial charge in [-0.05, 0) is 46.7 Å². The predicted molar refractivity (Wildman–Crippen MR) is 122 cm³/mol. The largest absolute Gasteiger partial charge is 0.423 e. The molecule has 0 fully saturated rings. The van der Waals surface area contributed by atoms with Crippen LogP contribution in [-0.2, 0) is 6.42 Å². The number of carbonyl (C=O) groups is 1. The molecule has 0 aromatic heterocycles. The van der Waals surface area contributed by atoms with Gasteiger partial charge in [0.1, 0.15) is 11.6 Å². The van der Waals surface area contributed by atoms with Crippen molar-refractivity contribution in [1.29, 1.82) is 0 Å². The monoisotopic (exact) mass is 464 g/mol. The summed E-state index contributed by atoms with van der Waals surface area (Å²) in [6.07, 6.45) is 0.855. The molecule has 0 bridgehead atoms. The van der Waals surface area contributed by atoms with Gasteiger partial charge in [0.15, 0.2) is 17.5 Å². The molecule has 4 aromatic carbocycles. The molecule has 1 atom stereocenters. The second kappa shape index (κ2) is 9.91. The van der Waals surface area contributed by atoms with Gasteiger partial charge in [0.05, 0.1) is 5.56 Å². The zero-order chi connectivity index (χ0) is 24.2. The molecule has 34 heavy (non-hydrogen) atoms. The summed E-state index contributed by atoms with van der Waals surface area (Å²) in [6.45, 7) is 2.16. The van der Waals surface area contributed by atoms with Crippen molar-refractivity contribution in [2.45, 2.75) is 19.3 Å². The number of rotatable bonds is 6. The third-order valence-corrected chi connectivity index (χ3v) is 5.55. The van der Waals surface area contributed by atoms with Crippen LogP contribution in [0.25, 0.3) is 11.1 Å². The lowest BCUT2D eigenvalue weighted by molar-refractivity contribution is 0.0728. The van der Waals surface area contributed by atoms with Crippen molar-refractivity contribution in [2.75, 3.05) is 0 Å². The zero-order valence-electron chi connectivity index (χ0n) is 18.2. The summed E-state index contributed by atoms with van der Waals surface area (Å²) in [5, 5.41) is 0. The van der Waals surface area contributed by atoms with Gasteiger partial charge in [-0.15, -0.1) is 0 Å². The van der Waals surface area contributed by atoms with Crippen molar-refractivity contribution in [3.8, 4) is 16.9 Å². The molecule has 0 aliphatic carbocycles. The molecule has 0 saturated heterocycles. The van der Waals surface area contributed by atoms with Crippen LogP contribution in [0.15, 0.2) is 84.9 Å². The van der Waals surface area contributed by atoms with E-state index < -0.39 is 40.6 Å². The molecule has 0 aliphatic heterocycles. The smallest absolute Gasteiger partial charge is 0.346 e. The van der Waals surface area contributed by atoms with E-state index in [0.29, 0.717) is 23.6 Å². The molecule has 4 rings (SSSR count). The molecule has 0 N–H and O–H groups in total. The minimum Gasteiger partial charge on any atom is -0.423 e. The number of carbonyl (C=O) groups excluding carboxylic acids is 1. The zero-order valence-corrected chi connectivity index (χ0v) is 18.2. The first-order valence-electron chi connectivity index (χ1n) is 10.6. The molecule has 172 valence electrons. The van der Waals surface area contributed by atoms with Gasteiger partial charge in [-0.25, -0.2) is 22.4 Å². The van der Waals surface area contributed by atoms with E-state index in [9.17, 15) is 22.4 Å². The van der Waals surface area contributed by atoms with Gasteiger partial charge < -0.3 is 4.74 Å². The topological polar surface area (TPSA) is 26.3 Å². The van der Waals surface area contributed by atoms with Gasteiger partial charge in [0, 0.05) is 12.1 Å². The second-order valence-electron chi connectivity index (χ2n) is 8.00. The lowest BCUT2D eigenvalue weighted by Gasteiger charge is -2.12. The van der Waals surface area contributed by atoms with E-state index in [0.717, 1.165) is 17.5 Å². The highest BCUT2D eigenvalue weighted by molar-refractivity contribution is 5.92. The molecule has 0 aliphatic rings. The summed E-state index contributed by atoms with van der Waals surface area (Å²) >= 11 is 0. The lowest BCUT2D eigenvalue weighted by atomic mass is 9.93. The number of esters is 1. The van der Waals surface area contributed by atoms with Gasteiger partial charge in [-0.2, -0.15) is 0 Å². The molecule has 4 aromatic rings. The highest BCUT2D eigenvalue weighted by Gasteiger charge is 2.18. The van der Waals surface area contributed by atoms with Crippen LogP contribution in [0, 0.1) is 23.3 Å². The molecule has 0 spiro atoms. The highest BCUT2D eigenvalue weighted by Crippen LogP contribution is 2.26. The average molecular weight is 464 g/mol. The van der Waals surface area contributed by atoms with Crippen LogP contribution in [-0.4, -0.2) is 5.97 Å². The van der Waals surface area contributed by atoms with Crippen molar-refractivity contribution in [1.82, 2.24) is 0 Å². The third kappa shape index (κ3) is 5.17. The summed E-state index contributed by atoms with van der Waals surface area (Å²) in [5.74, 6) is -6.94. The van der Waals surface area contributed by atoms with Gasteiger partial charge in [0.25, 0.3) is 0 Å². The van der Waals surface area contributed by atoms with E-state index in [-0.39, 0.29) is 0 Å². The van der Waals surface area contributed by atoms with Crippen molar-refractivity contribution >= 4 is 5.97 Å². The Labute approximate surface area is 194 Å². The van der Waals surface area contributed by atoms with Crippen LogP contribution in [0.3, 0.4) is 0 Å². The maximum Gasteiger partial charge on any atom is 0.346 e. The fraction of sp³-hybridized carbons (Fsp3) is 0.107. The summed E-state index contributed by atoms with van der Waals surface area (Å²) in [5.41, 5.74) is 3.29. The Hall–Kier alpha value is -3.93. The van der Waals surface area contributed by atoms with Gasteiger partial charge >= 0.3 is 5.97 Å². The lowest BCUT2D eigenvalue weighted by Crippen LogP contribution is -2.11. The summed E-state index contributed by atoms with van der Waals surface area (Å²) in [7, 11) is 0. The molecular weight excluding hydrogens is 444 g/mol. The highest BCUT2D eigenvalue weighted by atomic mass is 19.2. The second-order valence-corrected chi connectivity index (χ2v) is 8.00. The summed E-state index contributed by atoms with van der Waals surface area (Å²) < 4.78 is 59.1. The Morgan fingerprint density at radius 1 is 0.765 bits per heavy atom. The van der Waals surface area contributed by atoms with Crippen LogP contribution < -0.4 is 4.74 Å². The number of benzene rings is 4. The first-order chi connectivity index (χ1) is 16.3. The predicted octanol–water partition coefficient (Wildman–Crippen LogP) is 7.48. The van der Waals surface area contributed by atoms with Gasteiger partial charge in [0.2, 0.25) is 0 Å². The molecule has 0 amide bonds. The Morgan fingerprint density at radius 3 is 2.00 bits per heavy atom. The Morgan fingerprint density at radius 2 is 1.38 bits per heavy atom. The first-order valence-corrected chi connectivity index (χ1v) is 10.6. The third-order valence-electron chi connectivity index (χ3n) is 5.55. The van der Waals surface area contributed by atoms with Crippen molar-refractivity contribution < 1.29 is 27.1 Å². The van der Waals surface area contributed by atoms with Crippen LogP contribution in [0.4, 0.5) is 17.6 Å². The van der Waals surface area contributed by atoms with Crippen LogP contribution in [0.5, 0.6) is 5.75 Å². The summed E-state index contributed by atoms with van der Waals surface area (Å²) in [4.78, 5) is 12.3. The van der Waals surface area contributed by atoms with E-state index in [1.54, 1.807) is 6.07 Å². The van der Waals surface area contributed by atoms with Crippen molar-refractivity contribution in [2.24, 2.45) is 0 Å². The van der Waals surface area contributed by atoms with Crippen molar-refractivity contribution in [3.63, 3.8) is 0 Å². The molecule has 0 saturated carbocycles. The van der Waals surface area contributed by atoms with Gasteiger partial charge in [-0.3, -0.25) is 0 Å². The molecule has 0 radical (unpaired) electrons. The normalized spacial score (nSPS) is 11.8. The minimum atomic E-state index is -1.68. The molecule has 0 heterocycles. The SMILES string of the molecule is C[C@H](Cc1ccc(-c2ccc(C(=O)Oc3cc(F)c(F)c(F)c3)c(F)c2)cc1)c1ccccc1. The fourth-order valence-corrected chi connectivity index (χ4v) is 3.70. The number of ether oxygens (including phenoxy) is 1. The Bertz CT molecular complexity index is 1300. The Kier molecular flexibility index (Phi) is 6.77. The number of halogens is 4. The van der Waals surface area contributed by atoms with Crippen LogP contribution in [0.2, 0.25) is 0 Å². The van der Waals surface area contributed by atoms with E-state index in [1.807, 2.05) is 42.5 Å². The molecule has 2 nitrogen and oxygen atoms in total. The van der Waals surface area contributed by atoms with E-state index in [2.05, 4.69) is 19.1 Å². The summed E-state index contributed by atoms with van der Waals surface area (Å²) in [6, 6.07) is 22.9. The number of hydrogen-bond acceptors (Lipinski definition) is 2. The molecular formula is C28H20F4O2. The van der Waals surface area contributed by atoms with E-state index in [4.69, 9.17) is 4.74 Å². The standard InChI is InChI=1S/C28H20F4O2/c1-17(19-5-3-2-4-6-19)13-18-7-9-20(10-8-18)21-11-12-23(24(29)14-21)28(33)34-22-15-25(30)27(32)26(31)16-22/h2-12,14-17H,13H2,1H3/t17-/m1/s1. The fourth-order valence-electron chi connectivity index (χ4n) is 3.70. The minimum absolute atomic E-state index is 0.345. The van der Waals surface area contributed by atoms with Gasteiger partial charge in [-0.1, -0.05) is 67.6 Å². The maximum atomic E-state index is 14.6. The molecule has 6 heteroatoms. The number of hydrogen-bond donors (Lipinski definition) is 0. The average Bonchev–Trinajstić information content (AvgIpc) is 2.83. The van der Waals surface area contributed by atoms with E-state index >= 15 is 0 Å². The van der Waals surface area contributed by atoms with E-state index in [1.165, 1.54) is 17.7 Å². The van der Waals surface area contributed by atoms with Crippen LogP contribution >= 0.6 is 0 Å². The van der Waals surface area contributed by atoms with Crippen molar-refractivity contribution in [3.05, 3.63) is 125 Å². The maximum absolute atomic E-state index is 14.6.